The topological polar surface area (TPSA) is 59.4 Å². The molecule has 0 amide bonds. The fourth-order valence-corrected chi connectivity index (χ4v) is 2.50. The Bertz CT molecular complexity index is 919. The van der Waals surface area contributed by atoms with Gasteiger partial charge in [0.1, 0.15) is 12.0 Å². The van der Waals surface area contributed by atoms with Crippen LogP contribution >= 0.6 is 0 Å². The summed E-state index contributed by atoms with van der Waals surface area (Å²) in [4.78, 5) is 11.7. The summed E-state index contributed by atoms with van der Waals surface area (Å²) in [6.45, 7) is 2.08. The van der Waals surface area contributed by atoms with Crippen LogP contribution in [0.5, 0.6) is 0 Å². The number of H-pyrrole nitrogens is 1. The molecule has 0 radical (unpaired) electrons. The van der Waals surface area contributed by atoms with Crippen molar-refractivity contribution in [2.24, 2.45) is 0 Å². The molecule has 0 aliphatic heterocycles. The normalized spacial score (nSPS) is 11.1. The van der Waals surface area contributed by atoms with Gasteiger partial charge in [-0.05, 0) is 24.6 Å². The Morgan fingerprint density at radius 3 is 2.90 bits per heavy atom. The van der Waals surface area contributed by atoms with Gasteiger partial charge in [0.05, 0.1) is 17.6 Å². The van der Waals surface area contributed by atoms with Gasteiger partial charge in [0, 0.05) is 23.3 Å². The standard InChI is InChI=1S/C16H13N5/c1-11-4-2-3-5-14(11)21-9-12(8-20-21)15-13-6-7-17-16(13)19-10-18-15/h2-10H,1H3,(H,17,18,19). The average molecular weight is 275 g/mol. The fourth-order valence-electron chi connectivity index (χ4n) is 2.50. The molecule has 21 heavy (non-hydrogen) atoms. The van der Waals surface area contributed by atoms with Gasteiger partial charge in [-0.15, -0.1) is 0 Å². The van der Waals surface area contributed by atoms with Gasteiger partial charge in [-0.1, -0.05) is 18.2 Å². The van der Waals surface area contributed by atoms with Gasteiger partial charge >= 0.3 is 0 Å². The number of fused-ring (bicyclic) bond motifs is 1. The zero-order valence-corrected chi connectivity index (χ0v) is 11.5. The van der Waals surface area contributed by atoms with E-state index in [0.29, 0.717) is 0 Å². The molecule has 3 aromatic heterocycles. The van der Waals surface area contributed by atoms with E-state index in [-0.39, 0.29) is 0 Å². The molecular weight excluding hydrogens is 262 g/mol. The van der Waals surface area contributed by atoms with E-state index < -0.39 is 0 Å². The van der Waals surface area contributed by atoms with Crippen molar-refractivity contribution >= 4 is 11.0 Å². The number of aryl methyl sites for hydroxylation is 1. The quantitative estimate of drug-likeness (QED) is 0.611. The lowest BCUT2D eigenvalue weighted by Gasteiger charge is -2.04. The molecule has 0 bridgehead atoms. The van der Waals surface area contributed by atoms with Crippen LogP contribution in [-0.2, 0) is 0 Å². The first-order chi connectivity index (χ1) is 10.3. The van der Waals surface area contributed by atoms with Crippen molar-refractivity contribution < 1.29 is 0 Å². The number of nitrogens with one attached hydrogen (secondary N) is 1. The molecule has 0 aliphatic rings. The van der Waals surface area contributed by atoms with Crippen molar-refractivity contribution in [2.45, 2.75) is 6.92 Å². The zero-order chi connectivity index (χ0) is 14.2. The number of nitrogens with zero attached hydrogens (tertiary/aromatic N) is 4. The Morgan fingerprint density at radius 2 is 2.00 bits per heavy atom. The summed E-state index contributed by atoms with van der Waals surface area (Å²) in [6.07, 6.45) is 7.27. The molecule has 0 saturated heterocycles. The maximum absolute atomic E-state index is 4.46. The van der Waals surface area contributed by atoms with E-state index in [1.165, 1.54) is 5.56 Å². The number of hydrogen-bond donors (Lipinski definition) is 1. The maximum Gasteiger partial charge on any atom is 0.141 e. The first kappa shape index (κ1) is 11.8. The van der Waals surface area contributed by atoms with E-state index in [0.717, 1.165) is 28.0 Å². The fraction of sp³-hybridized carbons (Fsp3) is 0.0625. The van der Waals surface area contributed by atoms with Crippen LogP contribution in [0.4, 0.5) is 0 Å². The molecule has 102 valence electrons. The lowest BCUT2D eigenvalue weighted by Crippen LogP contribution is -1.96. The van der Waals surface area contributed by atoms with Gasteiger partial charge in [-0.3, -0.25) is 0 Å². The summed E-state index contributed by atoms with van der Waals surface area (Å²) in [6, 6.07) is 10.1. The largest absolute Gasteiger partial charge is 0.346 e. The molecule has 4 rings (SSSR count). The summed E-state index contributed by atoms with van der Waals surface area (Å²) >= 11 is 0. The number of aromatic amines is 1. The first-order valence-electron chi connectivity index (χ1n) is 6.72. The molecule has 4 aromatic rings. The monoisotopic (exact) mass is 275 g/mol. The Hall–Kier alpha value is -2.95. The molecule has 5 nitrogen and oxygen atoms in total. The van der Waals surface area contributed by atoms with Crippen LogP contribution in [0.2, 0.25) is 0 Å². The van der Waals surface area contributed by atoms with Crippen LogP contribution in [0, 0.1) is 6.92 Å². The molecule has 3 heterocycles. The van der Waals surface area contributed by atoms with E-state index in [2.05, 4.69) is 39.1 Å². The number of benzene rings is 1. The molecule has 0 unspecified atom stereocenters. The van der Waals surface area contributed by atoms with Crippen LogP contribution in [0.3, 0.4) is 0 Å². The van der Waals surface area contributed by atoms with Gasteiger partial charge in [-0.25, -0.2) is 14.6 Å². The maximum atomic E-state index is 4.46. The third-order valence-electron chi connectivity index (χ3n) is 3.57. The van der Waals surface area contributed by atoms with Crippen LogP contribution in [0.25, 0.3) is 28.0 Å². The van der Waals surface area contributed by atoms with Gasteiger partial charge in [0.15, 0.2) is 0 Å². The third-order valence-corrected chi connectivity index (χ3v) is 3.57. The van der Waals surface area contributed by atoms with Crippen LogP contribution in [-0.4, -0.2) is 24.7 Å². The van der Waals surface area contributed by atoms with Gasteiger partial charge < -0.3 is 4.98 Å². The molecule has 1 N–H and O–H groups in total. The number of hydrogen-bond acceptors (Lipinski definition) is 3. The molecule has 0 aliphatic carbocycles. The smallest absolute Gasteiger partial charge is 0.141 e. The van der Waals surface area contributed by atoms with E-state index in [1.54, 1.807) is 6.33 Å². The van der Waals surface area contributed by atoms with Crippen molar-refractivity contribution in [1.82, 2.24) is 24.7 Å². The number of rotatable bonds is 2. The number of aromatic nitrogens is 5. The molecule has 0 fully saturated rings. The SMILES string of the molecule is Cc1ccccc1-n1cc(-c2ncnc3[nH]ccc23)cn1. The second-order valence-electron chi connectivity index (χ2n) is 4.92. The van der Waals surface area contributed by atoms with E-state index >= 15 is 0 Å². The predicted molar refractivity (Wildman–Crippen MR) is 81.2 cm³/mol. The Labute approximate surface area is 121 Å². The van der Waals surface area contributed by atoms with Crippen LogP contribution in [0.1, 0.15) is 5.56 Å². The third kappa shape index (κ3) is 1.90. The van der Waals surface area contributed by atoms with Gasteiger partial charge in [0.25, 0.3) is 0 Å². The van der Waals surface area contributed by atoms with Crippen molar-refractivity contribution in [2.75, 3.05) is 0 Å². The predicted octanol–water partition coefficient (Wildman–Crippen LogP) is 3.12. The van der Waals surface area contributed by atoms with Crippen molar-refractivity contribution in [3.8, 4) is 16.9 Å². The summed E-state index contributed by atoms with van der Waals surface area (Å²) in [5.41, 5.74) is 4.96. The second-order valence-corrected chi connectivity index (χ2v) is 4.92. The molecule has 5 heteroatoms. The first-order valence-corrected chi connectivity index (χ1v) is 6.72. The van der Waals surface area contributed by atoms with Crippen LogP contribution < -0.4 is 0 Å². The lowest BCUT2D eigenvalue weighted by atomic mass is 10.2. The van der Waals surface area contributed by atoms with Gasteiger partial charge in [0.2, 0.25) is 0 Å². The minimum Gasteiger partial charge on any atom is -0.346 e. The lowest BCUT2D eigenvalue weighted by molar-refractivity contribution is 0.873. The Balaban J connectivity index is 1.85. The van der Waals surface area contributed by atoms with E-state index in [9.17, 15) is 0 Å². The van der Waals surface area contributed by atoms with Crippen LogP contribution in [0.15, 0.2) is 55.2 Å². The second kappa shape index (κ2) is 4.56. The Morgan fingerprint density at radius 1 is 1.10 bits per heavy atom. The molecular formula is C16H13N5. The summed E-state index contributed by atoms with van der Waals surface area (Å²) in [7, 11) is 0. The van der Waals surface area contributed by atoms with Crippen molar-refractivity contribution in [3.63, 3.8) is 0 Å². The van der Waals surface area contributed by atoms with Gasteiger partial charge in [-0.2, -0.15) is 5.10 Å². The molecule has 1 aromatic carbocycles. The summed E-state index contributed by atoms with van der Waals surface area (Å²) < 4.78 is 1.88. The molecule has 0 saturated carbocycles. The highest BCUT2D eigenvalue weighted by Crippen LogP contribution is 2.25. The highest BCUT2D eigenvalue weighted by molar-refractivity contribution is 5.90. The molecule has 0 spiro atoms. The summed E-state index contributed by atoms with van der Waals surface area (Å²) in [5, 5.41) is 5.46. The average Bonchev–Trinajstić information content (AvgIpc) is 3.16. The van der Waals surface area contributed by atoms with Crippen molar-refractivity contribution in [1.29, 1.82) is 0 Å². The van der Waals surface area contributed by atoms with Crippen molar-refractivity contribution in [3.05, 3.63) is 60.8 Å². The highest BCUT2D eigenvalue weighted by Gasteiger charge is 2.10. The van der Waals surface area contributed by atoms with E-state index in [1.807, 2.05) is 41.5 Å². The zero-order valence-electron chi connectivity index (χ0n) is 11.5. The number of para-hydroxylation sites is 1. The minimum atomic E-state index is 0.837. The summed E-state index contributed by atoms with van der Waals surface area (Å²) in [5.74, 6) is 0. The molecule has 0 atom stereocenters. The minimum absolute atomic E-state index is 0.837. The van der Waals surface area contributed by atoms with E-state index in [4.69, 9.17) is 0 Å². The highest BCUT2D eigenvalue weighted by atomic mass is 15.3. The Kier molecular flexibility index (Phi) is 2.57.